The summed E-state index contributed by atoms with van der Waals surface area (Å²) in [5.74, 6) is 0.236. The molecule has 1 heterocycles. The fourth-order valence-electron chi connectivity index (χ4n) is 2.90. The van der Waals surface area contributed by atoms with Gasteiger partial charge in [-0.3, -0.25) is 14.2 Å². The van der Waals surface area contributed by atoms with E-state index in [1.807, 2.05) is 35.8 Å². The zero-order chi connectivity index (χ0) is 21.7. The van der Waals surface area contributed by atoms with Crippen LogP contribution in [0, 0.1) is 6.92 Å². The van der Waals surface area contributed by atoms with Gasteiger partial charge in [0.15, 0.2) is 5.16 Å². The molecule has 0 aliphatic carbocycles. The zero-order valence-electron chi connectivity index (χ0n) is 17.5. The second-order valence-electron chi connectivity index (χ2n) is 7.30. The van der Waals surface area contributed by atoms with Crippen LogP contribution in [0.4, 0.5) is 11.4 Å². The lowest BCUT2D eigenvalue weighted by molar-refractivity contribution is -0.115. The van der Waals surface area contributed by atoms with Gasteiger partial charge in [0.2, 0.25) is 11.8 Å². The van der Waals surface area contributed by atoms with Gasteiger partial charge in [-0.25, -0.2) is 0 Å². The summed E-state index contributed by atoms with van der Waals surface area (Å²) in [6.07, 6.45) is 1.64. The lowest BCUT2D eigenvalue weighted by Crippen LogP contribution is -2.17. The summed E-state index contributed by atoms with van der Waals surface area (Å²) < 4.78 is 1.86. The van der Waals surface area contributed by atoms with Crippen molar-refractivity contribution in [3.05, 3.63) is 59.9 Å². The smallest absolute Gasteiger partial charge is 0.234 e. The molecule has 0 spiro atoms. The highest BCUT2D eigenvalue weighted by Gasteiger charge is 2.13. The molecule has 30 heavy (non-hydrogen) atoms. The lowest BCUT2D eigenvalue weighted by Gasteiger charge is -2.12. The van der Waals surface area contributed by atoms with Gasteiger partial charge in [-0.05, 0) is 48.2 Å². The average molecular weight is 424 g/mol. The van der Waals surface area contributed by atoms with E-state index in [-0.39, 0.29) is 17.6 Å². The maximum absolute atomic E-state index is 12.5. The van der Waals surface area contributed by atoms with Gasteiger partial charge < -0.3 is 10.6 Å². The molecule has 0 saturated heterocycles. The number of aromatic nitrogens is 3. The Balaban J connectivity index is 1.67. The Kier molecular flexibility index (Phi) is 6.89. The van der Waals surface area contributed by atoms with Crippen molar-refractivity contribution in [1.29, 1.82) is 0 Å². The van der Waals surface area contributed by atoms with Crippen molar-refractivity contribution in [2.24, 2.45) is 0 Å². The molecule has 2 aromatic carbocycles. The van der Waals surface area contributed by atoms with Crippen LogP contribution < -0.4 is 10.6 Å². The van der Waals surface area contributed by atoms with E-state index in [9.17, 15) is 9.59 Å². The van der Waals surface area contributed by atoms with E-state index in [0.717, 1.165) is 11.3 Å². The van der Waals surface area contributed by atoms with Crippen molar-refractivity contribution in [2.45, 2.75) is 38.8 Å². The van der Waals surface area contributed by atoms with E-state index in [2.05, 4.69) is 46.8 Å². The number of benzene rings is 2. The van der Waals surface area contributed by atoms with Crippen molar-refractivity contribution in [3.63, 3.8) is 0 Å². The van der Waals surface area contributed by atoms with Crippen LogP contribution in [0.5, 0.6) is 0 Å². The van der Waals surface area contributed by atoms with Gasteiger partial charge in [0.25, 0.3) is 0 Å². The molecule has 2 N–H and O–H groups in total. The first-order valence-corrected chi connectivity index (χ1v) is 10.6. The third kappa shape index (κ3) is 5.48. The third-order valence-electron chi connectivity index (χ3n) is 4.45. The summed E-state index contributed by atoms with van der Waals surface area (Å²) in [6.45, 7) is 7.66. The number of carbonyl (C=O) groups excluding carboxylic acids is 2. The highest BCUT2D eigenvalue weighted by Crippen LogP contribution is 2.25. The van der Waals surface area contributed by atoms with Gasteiger partial charge in [0.1, 0.15) is 6.33 Å². The van der Waals surface area contributed by atoms with Crippen LogP contribution >= 0.6 is 11.8 Å². The summed E-state index contributed by atoms with van der Waals surface area (Å²) in [7, 11) is 0. The van der Waals surface area contributed by atoms with E-state index in [4.69, 9.17) is 0 Å². The normalized spacial score (nSPS) is 10.8. The molecule has 2 amide bonds. The van der Waals surface area contributed by atoms with Crippen LogP contribution in [0.1, 0.15) is 37.8 Å². The van der Waals surface area contributed by atoms with Crippen molar-refractivity contribution in [3.8, 4) is 5.69 Å². The fraction of sp³-hybridized carbons (Fsp3) is 0.273. The van der Waals surface area contributed by atoms with E-state index >= 15 is 0 Å². The summed E-state index contributed by atoms with van der Waals surface area (Å²) >= 11 is 1.30. The Labute approximate surface area is 180 Å². The molecule has 7 nitrogen and oxygen atoms in total. The first-order chi connectivity index (χ1) is 14.3. The molecule has 0 radical (unpaired) electrons. The topological polar surface area (TPSA) is 88.9 Å². The number of hydrogen-bond donors (Lipinski definition) is 2. The molecule has 3 aromatic rings. The van der Waals surface area contributed by atoms with E-state index in [1.165, 1.54) is 24.2 Å². The molecule has 0 unspecified atom stereocenters. The van der Waals surface area contributed by atoms with Crippen molar-refractivity contribution < 1.29 is 9.59 Å². The number of rotatable bonds is 7. The number of thioether (sulfide) groups is 1. The first kappa shape index (κ1) is 21.6. The van der Waals surface area contributed by atoms with Gasteiger partial charge in [-0.1, -0.05) is 43.8 Å². The number of carbonyl (C=O) groups is 2. The van der Waals surface area contributed by atoms with E-state index < -0.39 is 0 Å². The predicted molar refractivity (Wildman–Crippen MR) is 120 cm³/mol. The summed E-state index contributed by atoms with van der Waals surface area (Å²) in [5, 5.41) is 14.4. The van der Waals surface area contributed by atoms with Gasteiger partial charge in [-0.15, -0.1) is 10.2 Å². The van der Waals surface area contributed by atoms with Crippen LogP contribution in [0.2, 0.25) is 0 Å². The number of anilines is 2. The van der Waals surface area contributed by atoms with Crippen molar-refractivity contribution in [1.82, 2.24) is 14.8 Å². The molecule has 0 bridgehead atoms. The zero-order valence-corrected chi connectivity index (χ0v) is 18.3. The Bertz CT molecular complexity index is 1040. The molecule has 0 aliphatic rings. The molecule has 0 aliphatic heterocycles. The summed E-state index contributed by atoms with van der Waals surface area (Å²) in [5.41, 5.74) is 4.32. The van der Waals surface area contributed by atoms with Gasteiger partial charge in [0.05, 0.1) is 17.1 Å². The third-order valence-corrected chi connectivity index (χ3v) is 5.39. The molecular formula is C22H25N5O2S. The van der Waals surface area contributed by atoms with Crippen LogP contribution in [0.3, 0.4) is 0 Å². The number of nitrogens with zero attached hydrogens (tertiary/aromatic N) is 3. The largest absolute Gasteiger partial charge is 0.325 e. The minimum Gasteiger partial charge on any atom is -0.325 e. The lowest BCUT2D eigenvalue weighted by atomic mass is 10.0. The van der Waals surface area contributed by atoms with E-state index in [1.54, 1.807) is 12.4 Å². The number of amides is 2. The highest BCUT2D eigenvalue weighted by molar-refractivity contribution is 7.99. The summed E-state index contributed by atoms with van der Waals surface area (Å²) in [4.78, 5) is 23.9. The van der Waals surface area contributed by atoms with E-state index in [0.29, 0.717) is 22.4 Å². The second-order valence-corrected chi connectivity index (χ2v) is 8.24. The second kappa shape index (κ2) is 9.58. The SMILES string of the molecule is CC(=O)Nc1ccc(C)cc1NC(=O)CSc1nncn1-c1ccc(C(C)C)cc1. The van der Waals surface area contributed by atoms with Crippen LogP contribution in [-0.2, 0) is 9.59 Å². The van der Waals surface area contributed by atoms with Crippen LogP contribution in [0.15, 0.2) is 53.9 Å². The maximum atomic E-state index is 12.5. The molecule has 0 atom stereocenters. The molecule has 8 heteroatoms. The first-order valence-electron chi connectivity index (χ1n) is 9.64. The average Bonchev–Trinajstić information content (AvgIpc) is 3.17. The minimum absolute atomic E-state index is 0.163. The van der Waals surface area contributed by atoms with Crippen LogP contribution in [0.25, 0.3) is 5.69 Å². The Morgan fingerprint density at radius 2 is 1.80 bits per heavy atom. The predicted octanol–water partition coefficient (Wildman–Crippen LogP) is 4.39. The Morgan fingerprint density at radius 1 is 1.07 bits per heavy atom. The van der Waals surface area contributed by atoms with Gasteiger partial charge >= 0.3 is 0 Å². The summed E-state index contributed by atoms with van der Waals surface area (Å²) in [6, 6.07) is 13.7. The van der Waals surface area contributed by atoms with Gasteiger partial charge in [0, 0.05) is 12.6 Å². The van der Waals surface area contributed by atoms with Crippen molar-refractivity contribution >= 4 is 35.0 Å². The fourth-order valence-corrected chi connectivity index (χ4v) is 3.63. The van der Waals surface area contributed by atoms with Crippen LogP contribution in [-0.4, -0.2) is 32.3 Å². The Morgan fingerprint density at radius 3 is 2.47 bits per heavy atom. The number of nitrogens with one attached hydrogen (secondary N) is 2. The molecule has 0 fully saturated rings. The Hall–Kier alpha value is -3.13. The standard InChI is InChI=1S/C22H25N5O2S/c1-14(2)17-6-8-18(9-7-17)27-13-23-26-22(27)30-12-21(29)25-20-11-15(3)5-10-19(20)24-16(4)28/h5-11,13-14H,12H2,1-4H3,(H,24,28)(H,25,29). The van der Waals surface area contributed by atoms with Crippen molar-refractivity contribution in [2.75, 3.05) is 16.4 Å². The molecule has 0 saturated carbocycles. The highest BCUT2D eigenvalue weighted by atomic mass is 32.2. The maximum Gasteiger partial charge on any atom is 0.234 e. The number of hydrogen-bond acceptors (Lipinski definition) is 5. The van der Waals surface area contributed by atoms with Gasteiger partial charge in [-0.2, -0.15) is 0 Å². The number of aryl methyl sites for hydroxylation is 1. The quantitative estimate of drug-likeness (QED) is 0.550. The molecule has 156 valence electrons. The minimum atomic E-state index is -0.194. The monoisotopic (exact) mass is 423 g/mol. The molecule has 3 rings (SSSR count). The molecular weight excluding hydrogens is 398 g/mol. The molecule has 1 aromatic heterocycles.